The van der Waals surface area contributed by atoms with E-state index in [0.717, 1.165) is 0 Å². The third kappa shape index (κ3) is 3.44. The molecule has 0 radical (unpaired) electrons. The Hall–Kier alpha value is -1.22. The van der Waals surface area contributed by atoms with E-state index in [1.54, 1.807) is 12.1 Å². The molecule has 4 heteroatoms. The van der Waals surface area contributed by atoms with Crippen LogP contribution < -0.4 is 5.32 Å². The van der Waals surface area contributed by atoms with Crippen molar-refractivity contribution >= 4 is 23.3 Å². The van der Waals surface area contributed by atoms with Crippen molar-refractivity contribution in [1.29, 1.82) is 0 Å². The maximum Gasteiger partial charge on any atom is 0.337 e. The van der Waals surface area contributed by atoms with Gasteiger partial charge in [0.05, 0.1) is 11.3 Å². The fourth-order valence-corrected chi connectivity index (χ4v) is 1.38. The summed E-state index contributed by atoms with van der Waals surface area (Å²) in [5.74, 6) is -0.960. The van der Waals surface area contributed by atoms with Crippen LogP contribution in [0, 0.1) is 0 Å². The fraction of sp³-hybridized carbons (Fsp3) is 0.364. The molecule has 0 saturated heterocycles. The van der Waals surface area contributed by atoms with E-state index in [0.29, 0.717) is 10.7 Å². The molecule has 0 aliphatic heterocycles. The number of halogens is 1. The lowest BCUT2D eigenvalue weighted by atomic mass is 10.1. The molecule has 2 N–H and O–H groups in total. The number of aromatic carboxylic acids is 1. The lowest BCUT2D eigenvalue weighted by molar-refractivity contribution is 0.0698. The van der Waals surface area contributed by atoms with Crippen molar-refractivity contribution < 1.29 is 9.90 Å². The van der Waals surface area contributed by atoms with Gasteiger partial charge in [0.15, 0.2) is 0 Å². The molecule has 0 heterocycles. The van der Waals surface area contributed by atoms with Crippen LogP contribution in [0.1, 0.15) is 31.1 Å². The minimum Gasteiger partial charge on any atom is -0.478 e. The van der Waals surface area contributed by atoms with Crippen molar-refractivity contribution in [2.24, 2.45) is 0 Å². The van der Waals surface area contributed by atoms with Crippen LogP contribution in [0.25, 0.3) is 0 Å². The van der Waals surface area contributed by atoms with Gasteiger partial charge in [-0.15, -0.1) is 0 Å². The smallest absolute Gasteiger partial charge is 0.337 e. The predicted octanol–water partition coefficient (Wildman–Crippen LogP) is 3.25. The largest absolute Gasteiger partial charge is 0.478 e. The summed E-state index contributed by atoms with van der Waals surface area (Å²) >= 11 is 5.82. The van der Waals surface area contributed by atoms with Gasteiger partial charge in [-0.1, -0.05) is 11.6 Å². The van der Waals surface area contributed by atoms with Crippen molar-refractivity contribution in [3.05, 3.63) is 28.8 Å². The first-order valence-electron chi connectivity index (χ1n) is 4.60. The van der Waals surface area contributed by atoms with Crippen LogP contribution >= 0.6 is 11.6 Å². The van der Waals surface area contributed by atoms with Gasteiger partial charge in [0.25, 0.3) is 0 Å². The van der Waals surface area contributed by atoms with Crippen LogP contribution in [0.5, 0.6) is 0 Å². The monoisotopic (exact) mass is 227 g/mol. The quantitative estimate of drug-likeness (QED) is 0.816. The molecule has 0 aliphatic rings. The number of rotatable bonds is 2. The molecule has 1 aromatic carbocycles. The summed E-state index contributed by atoms with van der Waals surface area (Å²) in [4.78, 5) is 10.9. The van der Waals surface area contributed by atoms with E-state index < -0.39 is 5.97 Å². The number of carboxylic acids is 1. The molecule has 0 atom stereocenters. The average Bonchev–Trinajstić information content (AvgIpc) is 1.99. The van der Waals surface area contributed by atoms with Crippen LogP contribution in [-0.2, 0) is 0 Å². The number of hydrogen-bond acceptors (Lipinski definition) is 2. The van der Waals surface area contributed by atoms with Crippen molar-refractivity contribution in [3.8, 4) is 0 Å². The molecule has 15 heavy (non-hydrogen) atoms. The maximum atomic E-state index is 10.9. The van der Waals surface area contributed by atoms with Gasteiger partial charge < -0.3 is 10.4 Å². The van der Waals surface area contributed by atoms with Crippen molar-refractivity contribution in [1.82, 2.24) is 0 Å². The lowest BCUT2D eigenvalue weighted by Crippen LogP contribution is -2.27. The average molecular weight is 228 g/mol. The molecule has 0 aliphatic carbocycles. The summed E-state index contributed by atoms with van der Waals surface area (Å²) in [5.41, 5.74) is 0.575. The van der Waals surface area contributed by atoms with Crippen molar-refractivity contribution in [3.63, 3.8) is 0 Å². The topological polar surface area (TPSA) is 49.3 Å². The van der Waals surface area contributed by atoms with E-state index in [4.69, 9.17) is 16.7 Å². The molecule has 0 bridgehead atoms. The fourth-order valence-electron chi connectivity index (χ4n) is 1.21. The molecule has 0 fully saturated rings. The van der Waals surface area contributed by atoms with E-state index in [1.807, 2.05) is 20.8 Å². The third-order valence-corrected chi connectivity index (χ3v) is 1.96. The first-order valence-corrected chi connectivity index (χ1v) is 4.98. The highest BCUT2D eigenvalue weighted by atomic mass is 35.5. The maximum absolute atomic E-state index is 10.9. The van der Waals surface area contributed by atoms with Crippen LogP contribution in [-0.4, -0.2) is 16.6 Å². The molecule has 1 aromatic rings. The molecule has 3 nitrogen and oxygen atoms in total. The third-order valence-electron chi connectivity index (χ3n) is 1.72. The Morgan fingerprint density at radius 2 is 2.00 bits per heavy atom. The van der Waals surface area contributed by atoms with Crippen LogP contribution in [0.2, 0.25) is 5.02 Å². The van der Waals surface area contributed by atoms with E-state index in [-0.39, 0.29) is 11.1 Å². The zero-order valence-corrected chi connectivity index (χ0v) is 9.72. The molecule has 0 unspecified atom stereocenters. The zero-order valence-electron chi connectivity index (χ0n) is 8.97. The highest BCUT2D eigenvalue weighted by molar-refractivity contribution is 6.31. The second kappa shape index (κ2) is 4.11. The summed E-state index contributed by atoms with van der Waals surface area (Å²) in [6, 6.07) is 4.69. The highest BCUT2D eigenvalue weighted by Crippen LogP contribution is 2.24. The van der Waals surface area contributed by atoms with Gasteiger partial charge in [-0.3, -0.25) is 0 Å². The Kier molecular flexibility index (Phi) is 3.25. The first-order chi connectivity index (χ1) is 6.79. The second-order valence-corrected chi connectivity index (χ2v) is 4.81. The standard InChI is InChI=1S/C11H14ClNO2/c1-11(2,3)13-9-6-7(12)4-5-8(9)10(14)15/h4-6,13H,1-3H3,(H,14,15). The number of carboxylic acid groups (broad SMARTS) is 1. The molecular weight excluding hydrogens is 214 g/mol. The summed E-state index contributed by atoms with van der Waals surface area (Å²) in [7, 11) is 0. The van der Waals surface area contributed by atoms with Gasteiger partial charge >= 0.3 is 5.97 Å². The van der Waals surface area contributed by atoms with Gasteiger partial charge in [-0.25, -0.2) is 4.79 Å². The molecule has 0 spiro atoms. The number of nitrogens with one attached hydrogen (secondary N) is 1. The minimum atomic E-state index is -0.960. The number of anilines is 1. The summed E-state index contributed by atoms with van der Waals surface area (Å²) in [6.45, 7) is 5.87. The number of hydrogen-bond donors (Lipinski definition) is 2. The molecular formula is C11H14ClNO2. The summed E-state index contributed by atoms with van der Waals surface area (Å²) in [6.07, 6.45) is 0. The molecule has 0 amide bonds. The Labute approximate surface area is 94.1 Å². The van der Waals surface area contributed by atoms with E-state index in [2.05, 4.69) is 5.32 Å². The molecule has 82 valence electrons. The van der Waals surface area contributed by atoms with Gasteiger partial charge in [0.2, 0.25) is 0 Å². The minimum absolute atomic E-state index is 0.200. The lowest BCUT2D eigenvalue weighted by Gasteiger charge is -2.23. The van der Waals surface area contributed by atoms with Gasteiger partial charge in [0, 0.05) is 10.6 Å². The molecule has 0 saturated carbocycles. The van der Waals surface area contributed by atoms with E-state index >= 15 is 0 Å². The van der Waals surface area contributed by atoms with Crippen LogP contribution in [0.4, 0.5) is 5.69 Å². The Bertz CT molecular complexity index is 383. The normalized spacial score (nSPS) is 11.2. The second-order valence-electron chi connectivity index (χ2n) is 4.37. The number of carbonyl (C=O) groups is 1. The Morgan fingerprint density at radius 1 is 1.40 bits per heavy atom. The van der Waals surface area contributed by atoms with E-state index in [1.165, 1.54) is 6.07 Å². The Balaban J connectivity index is 3.13. The van der Waals surface area contributed by atoms with Gasteiger partial charge in [-0.05, 0) is 39.0 Å². The van der Waals surface area contributed by atoms with Crippen LogP contribution in [0.3, 0.4) is 0 Å². The van der Waals surface area contributed by atoms with Crippen LogP contribution in [0.15, 0.2) is 18.2 Å². The zero-order chi connectivity index (χ0) is 11.6. The van der Waals surface area contributed by atoms with E-state index in [9.17, 15) is 4.79 Å². The Morgan fingerprint density at radius 3 is 2.47 bits per heavy atom. The number of benzene rings is 1. The van der Waals surface area contributed by atoms with Gasteiger partial charge in [-0.2, -0.15) is 0 Å². The van der Waals surface area contributed by atoms with Gasteiger partial charge in [0.1, 0.15) is 0 Å². The molecule has 1 rings (SSSR count). The molecule has 0 aromatic heterocycles. The highest BCUT2D eigenvalue weighted by Gasteiger charge is 2.15. The first kappa shape index (κ1) is 11.9. The van der Waals surface area contributed by atoms with Crippen molar-refractivity contribution in [2.75, 3.05) is 5.32 Å². The predicted molar refractivity (Wildman–Crippen MR) is 61.8 cm³/mol. The summed E-state index contributed by atoms with van der Waals surface area (Å²) < 4.78 is 0. The summed E-state index contributed by atoms with van der Waals surface area (Å²) in [5, 5.41) is 12.6. The van der Waals surface area contributed by atoms with Crippen molar-refractivity contribution in [2.45, 2.75) is 26.3 Å². The SMILES string of the molecule is CC(C)(C)Nc1cc(Cl)ccc1C(=O)O.